The molecule has 0 saturated heterocycles. The predicted molar refractivity (Wildman–Crippen MR) is 62.9 cm³/mol. The van der Waals surface area contributed by atoms with Gasteiger partial charge in [0.25, 0.3) is 0 Å². The molecule has 2 aromatic rings. The molecule has 5 nitrogen and oxygen atoms in total. The summed E-state index contributed by atoms with van der Waals surface area (Å²) in [5.74, 6) is -0.467. The molecule has 3 N–H and O–H groups in total. The molecule has 5 heteroatoms. The van der Waals surface area contributed by atoms with Gasteiger partial charge in [0.15, 0.2) is 0 Å². The van der Waals surface area contributed by atoms with E-state index in [0.29, 0.717) is 11.3 Å². The molecule has 0 amide bonds. The fourth-order valence-electron chi connectivity index (χ4n) is 2.42. The molecular formula is C12H11N3O2. The fraction of sp³-hybridized carbons (Fsp3) is 0.250. The summed E-state index contributed by atoms with van der Waals surface area (Å²) in [4.78, 5) is 19.0. The summed E-state index contributed by atoms with van der Waals surface area (Å²) in [5, 5.41) is 9.81. The number of aryl methyl sites for hydroxylation is 1. The highest BCUT2D eigenvalue weighted by molar-refractivity contribution is 5.93. The fourth-order valence-corrected chi connectivity index (χ4v) is 2.42. The van der Waals surface area contributed by atoms with Crippen molar-refractivity contribution in [3.8, 4) is 0 Å². The Morgan fingerprint density at radius 3 is 2.88 bits per heavy atom. The molecule has 0 bridgehead atoms. The summed E-state index contributed by atoms with van der Waals surface area (Å²) >= 11 is 0. The summed E-state index contributed by atoms with van der Waals surface area (Å²) in [5.41, 5.74) is 8.81. The second-order valence-electron chi connectivity index (χ2n) is 4.20. The van der Waals surface area contributed by atoms with Crippen LogP contribution < -0.4 is 5.73 Å². The maximum Gasteiger partial charge on any atom is 0.354 e. The number of hydrogen-bond donors (Lipinski definition) is 2. The number of aromatic nitrogens is 2. The predicted octanol–water partition coefficient (Wildman–Crippen LogP) is 1.40. The van der Waals surface area contributed by atoms with Gasteiger partial charge in [-0.3, -0.25) is 0 Å². The van der Waals surface area contributed by atoms with Gasteiger partial charge in [-0.1, -0.05) is 0 Å². The lowest BCUT2D eigenvalue weighted by Crippen LogP contribution is -2.03. The Morgan fingerprint density at radius 1 is 1.35 bits per heavy atom. The van der Waals surface area contributed by atoms with Gasteiger partial charge in [0.1, 0.15) is 11.5 Å². The van der Waals surface area contributed by atoms with E-state index in [1.807, 2.05) is 0 Å². The molecule has 3 rings (SSSR count). The Labute approximate surface area is 97.3 Å². The molecule has 0 radical (unpaired) electrons. The van der Waals surface area contributed by atoms with Crippen LogP contribution in [-0.4, -0.2) is 21.0 Å². The molecule has 0 fully saturated rings. The molecule has 0 spiro atoms. The Morgan fingerprint density at radius 2 is 2.12 bits per heavy atom. The molecule has 2 aromatic heterocycles. The van der Waals surface area contributed by atoms with Gasteiger partial charge in [-0.05, 0) is 36.5 Å². The molecule has 86 valence electrons. The van der Waals surface area contributed by atoms with Crippen molar-refractivity contribution in [2.45, 2.75) is 19.3 Å². The van der Waals surface area contributed by atoms with Crippen LogP contribution in [0.15, 0.2) is 12.3 Å². The van der Waals surface area contributed by atoms with Gasteiger partial charge in [-0.2, -0.15) is 0 Å². The molecule has 0 saturated carbocycles. The van der Waals surface area contributed by atoms with Gasteiger partial charge in [-0.15, -0.1) is 0 Å². The molecule has 0 unspecified atom stereocenters. The van der Waals surface area contributed by atoms with E-state index in [1.165, 1.54) is 6.20 Å². The highest BCUT2D eigenvalue weighted by Gasteiger charge is 2.19. The van der Waals surface area contributed by atoms with Crippen LogP contribution in [0.1, 0.15) is 28.0 Å². The van der Waals surface area contributed by atoms with Crippen LogP contribution in [0, 0.1) is 0 Å². The van der Waals surface area contributed by atoms with Crippen LogP contribution >= 0.6 is 0 Å². The van der Waals surface area contributed by atoms with Crippen molar-refractivity contribution in [3.63, 3.8) is 0 Å². The Bertz CT molecular complexity index is 637. The molecular weight excluding hydrogens is 218 g/mol. The monoisotopic (exact) mass is 229 g/mol. The smallest absolute Gasteiger partial charge is 0.354 e. The molecule has 1 aliphatic rings. The number of fused-ring (bicyclic) bond motifs is 3. The van der Waals surface area contributed by atoms with E-state index in [-0.39, 0.29) is 5.69 Å². The highest BCUT2D eigenvalue weighted by Crippen LogP contribution is 2.32. The van der Waals surface area contributed by atoms with Crippen molar-refractivity contribution in [3.05, 3.63) is 29.1 Å². The number of nitrogen functional groups attached to an aromatic ring is 1. The SMILES string of the molecule is Nc1nc2cnc(C(=O)O)cc2c2c1CCC2. The number of anilines is 1. The number of aromatic carboxylic acids is 1. The van der Waals surface area contributed by atoms with Crippen LogP contribution in [0.2, 0.25) is 0 Å². The minimum Gasteiger partial charge on any atom is -0.477 e. The maximum atomic E-state index is 10.9. The molecule has 1 aliphatic carbocycles. The van der Waals surface area contributed by atoms with Gasteiger partial charge in [0.2, 0.25) is 0 Å². The Kier molecular flexibility index (Phi) is 2.01. The summed E-state index contributed by atoms with van der Waals surface area (Å²) in [7, 11) is 0. The number of carboxylic acids is 1. The number of rotatable bonds is 1. The quantitative estimate of drug-likeness (QED) is 0.771. The first-order valence-electron chi connectivity index (χ1n) is 5.47. The van der Waals surface area contributed by atoms with Crippen LogP contribution in [0.25, 0.3) is 10.9 Å². The van der Waals surface area contributed by atoms with Crippen molar-refractivity contribution in [1.82, 2.24) is 9.97 Å². The second-order valence-corrected chi connectivity index (χ2v) is 4.20. The minimum absolute atomic E-state index is 0.0539. The van der Waals surface area contributed by atoms with Gasteiger partial charge < -0.3 is 10.8 Å². The average molecular weight is 229 g/mol. The summed E-state index contributed by atoms with van der Waals surface area (Å²) in [6.45, 7) is 0. The number of carboxylic acid groups (broad SMARTS) is 1. The van der Waals surface area contributed by atoms with Crippen molar-refractivity contribution >= 4 is 22.7 Å². The molecule has 0 aliphatic heterocycles. The number of pyridine rings is 2. The van der Waals surface area contributed by atoms with Crippen molar-refractivity contribution in [2.75, 3.05) is 5.73 Å². The molecule has 17 heavy (non-hydrogen) atoms. The Hall–Kier alpha value is -2.17. The van der Waals surface area contributed by atoms with Crippen molar-refractivity contribution in [2.24, 2.45) is 0 Å². The number of nitrogens with zero attached hydrogens (tertiary/aromatic N) is 2. The third kappa shape index (κ3) is 1.43. The first-order chi connectivity index (χ1) is 8.16. The molecule has 0 aromatic carbocycles. The van der Waals surface area contributed by atoms with Crippen molar-refractivity contribution < 1.29 is 9.90 Å². The van der Waals surface area contributed by atoms with E-state index in [2.05, 4.69) is 9.97 Å². The highest BCUT2D eigenvalue weighted by atomic mass is 16.4. The summed E-state index contributed by atoms with van der Waals surface area (Å²) in [6, 6.07) is 1.59. The van der Waals surface area contributed by atoms with Gasteiger partial charge in [0.05, 0.1) is 11.7 Å². The zero-order chi connectivity index (χ0) is 12.0. The van der Waals surface area contributed by atoms with Crippen LogP contribution in [0.5, 0.6) is 0 Å². The first kappa shape index (κ1) is 10.0. The Balaban J connectivity index is 2.35. The molecule has 2 heterocycles. The zero-order valence-electron chi connectivity index (χ0n) is 9.10. The van der Waals surface area contributed by atoms with E-state index in [0.717, 1.165) is 35.8 Å². The number of nitrogens with two attached hydrogens (primary N) is 1. The van der Waals surface area contributed by atoms with Crippen LogP contribution in [0.3, 0.4) is 0 Å². The van der Waals surface area contributed by atoms with Crippen LogP contribution in [-0.2, 0) is 12.8 Å². The lowest BCUT2D eigenvalue weighted by Gasteiger charge is -2.07. The van der Waals surface area contributed by atoms with Gasteiger partial charge in [0, 0.05) is 5.39 Å². The topological polar surface area (TPSA) is 89.1 Å². The largest absolute Gasteiger partial charge is 0.477 e. The number of carbonyl (C=O) groups is 1. The standard InChI is InChI=1S/C12H11N3O2/c13-11-7-3-1-2-6(7)8-4-9(12(16)17)14-5-10(8)15-11/h4-5H,1-3H2,(H2,13,15)(H,16,17). The molecule has 0 atom stereocenters. The second kappa shape index (κ2) is 3.41. The van der Waals surface area contributed by atoms with Gasteiger partial charge in [-0.25, -0.2) is 14.8 Å². The van der Waals surface area contributed by atoms with Crippen LogP contribution in [0.4, 0.5) is 5.82 Å². The summed E-state index contributed by atoms with van der Waals surface area (Å²) < 4.78 is 0. The van der Waals surface area contributed by atoms with E-state index in [1.54, 1.807) is 6.07 Å². The maximum absolute atomic E-state index is 10.9. The lowest BCUT2D eigenvalue weighted by molar-refractivity contribution is 0.0690. The van der Waals surface area contributed by atoms with E-state index < -0.39 is 5.97 Å². The third-order valence-corrected chi connectivity index (χ3v) is 3.20. The lowest BCUT2D eigenvalue weighted by atomic mass is 10.1. The average Bonchev–Trinajstić information content (AvgIpc) is 2.78. The van der Waals surface area contributed by atoms with Gasteiger partial charge >= 0.3 is 5.97 Å². The van der Waals surface area contributed by atoms with E-state index >= 15 is 0 Å². The normalized spacial score (nSPS) is 13.9. The minimum atomic E-state index is -1.02. The third-order valence-electron chi connectivity index (χ3n) is 3.20. The van der Waals surface area contributed by atoms with E-state index in [9.17, 15) is 4.79 Å². The van der Waals surface area contributed by atoms with E-state index in [4.69, 9.17) is 10.8 Å². The first-order valence-corrected chi connectivity index (χ1v) is 5.47. The number of hydrogen-bond acceptors (Lipinski definition) is 4. The summed E-state index contributed by atoms with van der Waals surface area (Å²) in [6.07, 6.45) is 4.38. The van der Waals surface area contributed by atoms with Crippen molar-refractivity contribution in [1.29, 1.82) is 0 Å². The zero-order valence-corrected chi connectivity index (χ0v) is 9.10.